The topological polar surface area (TPSA) is 170 Å². The van der Waals surface area contributed by atoms with Gasteiger partial charge in [-0.05, 0) is 25.0 Å². The highest BCUT2D eigenvalue weighted by atomic mass is 32.3. The van der Waals surface area contributed by atoms with Crippen LogP contribution in [-0.4, -0.2) is 66.8 Å². The van der Waals surface area contributed by atoms with Gasteiger partial charge in [0.1, 0.15) is 10.7 Å². The molecule has 2 fully saturated rings. The van der Waals surface area contributed by atoms with Gasteiger partial charge in [-0.1, -0.05) is 0 Å². The van der Waals surface area contributed by atoms with Gasteiger partial charge in [0.25, 0.3) is 10.0 Å². The number of nitrogens with one attached hydrogen (secondary N) is 2. The van der Waals surface area contributed by atoms with Crippen LogP contribution in [0, 0.1) is 5.41 Å². The average molecular weight is 405 g/mol. The number of pyridine rings is 1. The van der Waals surface area contributed by atoms with Gasteiger partial charge in [-0.2, -0.15) is 13.5 Å². The highest BCUT2D eigenvalue weighted by molar-refractivity contribution is 7.90. The first-order valence-electron chi connectivity index (χ1n) is 7.36. The van der Waals surface area contributed by atoms with Crippen LogP contribution >= 0.6 is 0 Å². The van der Waals surface area contributed by atoms with Crippen molar-refractivity contribution in [1.82, 2.24) is 19.7 Å². The van der Waals surface area contributed by atoms with Crippen LogP contribution in [0.1, 0.15) is 12.8 Å². The maximum absolute atomic E-state index is 12.3. The minimum atomic E-state index is -4.88. The highest BCUT2D eigenvalue weighted by Crippen LogP contribution is 2.31. The van der Waals surface area contributed by atoms with Gasteiger partial charge in [0.15, 0.2) is 0 Å². The molecule has 3 heterocycles. The number of hydroxylamine groups is 2. The molecule has 12 nitrogen and oxygen atoms in total. The molecule has 2 saturated heterocycles. The van der Waals surface area contributed by atoms with E-state index < -0.39 is 44.4 Å². The molecule has 3 rings (SSSR count). The zero-order valence-electron chi connectivity index (χ0n) is 13.1. The summed E-state index contributed by atoms with van der Waals surface area (Å²) in [5.74, 6) is -0.436. The number of aromatic nitrogens is 1. The number of hydrogen-bond acceptors (Lipinski definition) is 8. The van der Waals surface area contributed by atoms with Crippen LogP contribution in [0.2, 0.25) is 0 Å². The third-order valence-electron chi connectivity index (χ3n) is 4.02. The minimum Gasteiger partial charge on any atom is -0.310 e. The van der Waals surface area contributed by atoms with Crippen molar-refractivity contribution in [3.05, 3.63) is 24.5 Å². The molecule has 1 aromatic heterocycles. The van der Waals surface area contributed by atoms with Gasteiger partial charge in [-0.3, -0.25) is 19.7 Å². The lowest BCUT2D eigenvalue weighted by molar-refractivity contribution is -0.0316. The largest absolute Gasteiger partial charge is 0.418 e. The van der Waals surface area contributed by atoms with Crippen molar-refractivity contribution in [2.75, 3.05) is 6.54 Å². The molecule has 0 spiro atoms. The Balaban J connectivity index is 1.75. The van der Waals surface area contributed by atoms with Crippen molar-refractivity contribution in [2.45, 2.75) is 29.8 Å². The molecular weight excluding hydrogens is 390 g/mol. The fourth-order valence-electron chi connectivity index (χ4n) is 2.91. The number of nitrogens with zero attached hydrogens (tertiary/aromatic N) is 3. The summed E-state index contributed by atoms with van der Waals surface area (Å²) in [6, 6.07) is 0.337. The van der Waals surface area contributed by atoms with Crippen molar-refractivity contribution in [2.24, 2.45) is 0 Å². The Labute approximate surface area is 149 Å². The second-order valence-corrected chi connectivity index (χ2v) is 8.40. The normalized spacial score (nSPS) is 23.2. The Bertz CT molecular complexity index is 934. The Hall–Kier alpha value is -2.29. The van der Waals surface area contributed by atoms with Crippen molar-refractivity contribution in [3.8, 4) is 0 Å². The Morgan fingerprint density at radius 3 is 2.69 bits per heavy atom. The van der Waals surface area contributed by atoms with Crippen molar-refractivity contribution in [1.29, 1.82) is 5.41 Å². The van der Waals surface area contributed by atoms with Crippen LogP contribution in [0.5, 0.6) is 0 Å². The van der Waals surface area contributed by atoms with Gasteiger partial charge < -0.3 is 4.90 Å². The summed E-state index contributed by atoms with van der Waals surface area (Å²) in [7, 11) is -8.92. The van der Waals surface area contributed by atoms with E-state index in [0.29, 0.717) is 5.06 Å². The maximum atomic E-state index is 12.3. The number of fused-ring (bicyclic) bond motifs is 2. The lowest BCUT2D eigenvalue weighted by atomic mass is 10.0. The van der Waals surface area contributed by atoms with Crippen molar-refractivity contribution >= 4 is 32.3 Å². The number of hydrogen-bond donors (Lipinski definition) is 3. The van der Waals surface area contributed by atoms with Crippen LogP contribution in [0.4, 0.5) is 4.79 Å². The fourth-order valence-corrected chi connectivity index (χ4v) is 4.30. The van der Waals surface area contributed by atoms with Gasteiger partial charge in [0.05, 0.1) is 12.1 Å². The second kappa shape index (κ2) is 6.46. The molecule has 0 aliphatic carbocycles. The average Bonchev–Trinajstić information content (AvgIpc) is 2.79. The summed E-state index contributed by atoms with van der Waals surface area (Å²) >= 11 is 0. The molecule has 2 aliphatic rings. The summed E-state index contributed by atoms with van der Waals surface area (Å²) in [5.41, 5.74) is 0. The Kier molecular flexibility index (Phi) is 4.60. The number of piperidine rings is 1. The smallest absolute Gasteiger partial charge is 0.310 e. The predicted molar refractivity (Wildman–Crippen MR) is 85.7 cm³/mol. The first-order valence-corrected chi connectivity index (χ1v) is 10.2. The summed E-state index contributed by atoms with van der Waals surface area (Å²) in [6.07, 6.45) is 3.00. The summed E-state index contributed by atoms with van der Waals surface area (Å²) in [6.45, 7) is 0.0377. The number of carbonyl (C=O) groups is 1. The number of carbonyl (C=O) groups excluding carboxylic acids is 1. The summed E-state index contributed by atoms with van der Waals surface area (Å²) in [4.78, 5) is 17.0. The van der Waals surface area contributed by atoms with Crippen LogP contribution in [0.15, 0.2) is 29.4 Å². The van der Waals surface area contributed by atoms with E-state index >= 15 is 0 Å². The molecule has 14 heteroatoms. The molecule has 0 radical (unpaired) electrons. The molecular formula is C12H15N5O7S2. The molecule has 3 N–H and O–H groups in total. The maximum Gasteiger partial charge on any atom is 0.418 e. The SMILES string of the molecule is N=C(NS(=O)(=O)c1cccnc1)C1CCC2CN1C(=O)N2OS(=O)(=O)O. The fraction of sp³-hybridized carbons (Fsp3) is 0.417. The van der Waals surface area contributed by atoms with Crippen LogP contribution in [-0.2, 0) is 24.7 Å². The number of sulfonamides is 1. The standard InChI is InChI=1S/C12H15N5O7S2/c13-11(15-25(19,20)9-2-1-5-14-6-9)10-4-3-8-7-16(10)12(18)17(8)24-26(21,22)23/h1-2,5-6,8,10H,3-4,7H2,(H2,13,15)(H,21,22,23). The van der Waals surface area contributed by atoms with Crippen molar-refractivity contribution in [3.63, 3.8) is 0 Å². The molecule has 2 aliphatic heterocycles. The van der Waals surface area contributed by atoms with E-state index in [9.17, 15) is 21.6 Å². The monoisotopic (exact) mass is 405 g/mol. The van der Waals surface area contributed by atoms with E-state index in [1.807, 2.05) is 0 Å². The highest BCUT2D eigenvalue weighted by Gasteiger charge is 2.48. The Morgan fingerprint density at radius 1 is 1.35 bits per heavy atom. The first-order chi connectivity index (χ1) is 12.1. The number of rotatable bonds is 5. The number of amidine groups is 1. The van der Waals surface area contributed by atoms with Gasteiger partial charge in [0, 0.05) is 18.9 Å². The van der Waals surface area contributed by atoms with Gasteiger partial charge in [-0.15, -0.1) is 4.28 Å². The molecule has 2 atom stereocenters. The third kappa shape index (κ3) is 3.62. The van der Waals surface area contributed by atoms with Crippen molar-refractivity contribution < 1.29 is 30.5 Å². The van der Waals surface area contributed by atoms with E-state index in [2.05, 4.69) is 14.0 Å². The third-order valence-corrected chi connectivity index (χ3v) is 5.72. The van der Waals surface area contributed by atoms with Gasteiger partial charge in [-0.25, -0.2) is 13.2 Å². The molecule has 2 bridgehead atoms. The number of amides is 2. The van der Waals surface area contributed by atoms with Crippen LogP contribution in [0.25, 0.3) is 0 Å². The first kappa shape index (κ1) is 18.5. The van der Waals surface area contributed by atoms with Gasteiger partial charge >= 0.3 is 16.4 Å². The van der Waals surface area contributed by atoms with E-state index in [1.165, 1.54) is 18.3 Å². The molecule has 0 saturated carbocycles. The van der Waals surface area contributed by atoms with E-state index in [-0.39, 0.29) is 24.3 Å². The van der Waals surface area contributed by atoms with E-state index in [1.54, 1.807) is 0 Å². The zero-order chi connectivity index (χ0) is 19.1. The predicted octanol–water partition coefficient (Wildman–Crippen LogP) is -0.660. The minimum absolute atomic E-state index is 0.0377. The second-order valence-electron chi connectivity index (χ2n) is 5.72. The summed E-state index contributed by atoms with van der Waals surface area (Å²) in [5, 5.41) is 8.57. The van der Waals surface area contributed by atoms with E-state index in [4.69, 9.17) is 9.96 Å². The quantitative estimate of drug-likeness (QED) is 0.329. The molecule has 26 heavy (non-hydrogen) atoms. The Morgan fingerprint density at radius 2 is 2.08 bits per heavy atom. The zero-order valence-corrected chi connectivity index (χ0v) is 14.8. The van der Waals surface area contributed by atoms with Crippen LogP contribution in [0.3, 0.4) is 0 Å². The van der Waals surface area contributed by atoms with Crippen LogP contribution < -0.4 is 4.72 Å². The number of urea groups is 1. The summed E-state index contributed by atoms with van der Waals surface area (Å²) < 4.78 is 61.4. The molecule has 142 valence electrons. The van der Waals surface area contributed by atoms with Gasteiger partial charge in [0.2, 0.25) is 0 Å². The molecule has 2 unspecified atom stereocenters. The lowest BCUT2D eigenvalue weighted by Gasteiger charge is -2.30. The lowest BCUT2D eigenvalue weighted by Crippen LogP contribution is -2.50. The molecule has 1 aromatic rings. The molecule has 0 aromatic carbocycles. The van der Waals surface area contributed by atoms with E-state index in [0.717, 1.165) is 11.1 Å². The molecule has 2 amide bonds.